The predicted molar refractivity (Wildman–Crippen MR) is 43.9 cm³/mol. The molecule has 12 heavy (non-hydrogen) atoms. The van der Waals surface area contributed by atoms with Crippen LogP contribution in [-0.4, -0.2) is 13.0 Å². The van der Waals surface area contributed by atoms with Crippen LogP contribution in [0, 0.1) is 0 Å². The molecule has 65 valence electrons. The van der Waals surface area contributed by atoms with E-state index >= 15 is 0 Å². The molecule has 0 aliphatic heterocycles. The van der Waals surface area contributed by atoms with E-state index < -0.39 is 10.1 Å². The highest BCUT2D eigenvalue weighted by molar-refractivity contribution is 7.85. The van der Waals surface area contributed by atoms with Crippen LogP contribution in [0.1, 0.15) is 0 Å². The SMILES string of the molecule is O=S(=O)(O)c1ccc([N]Cl)cc1. The molecule has 0 unspecified atom stereocenters. The van der Waals surface area contributed by atoms with E-state index in [1.165, 1.54) is 24.3 Å². The molecule has 0 saturated heterocycles. The van der Waals surface area contributed by atoms with Crippen molar-refractivity contribution in [1.29, 1.82) is 0 Å². The molecule has 0 aliphatic carbocycles. The summed E-state index contributed by atoms with van der Waals surface area (Å²) in [6, 6.07) is 5.21. The zero-order valence-electron chi connectivity index (χ0n) is 5.81. The molecule has 0 fully saturated rings. The summed E-state index contributed by atoms with van der Waals surface area (Å²) in [4.78, 5) is 3.12. The van der Waals surface area contributed by atoms with E-state index in [9.17, 15) is 8.42 Å². The molecule has 4 nitrogen and oxygen atoms in total. The average molecular weight is 207 g/mol. The second-order valence-electron chi connectivity index (χ2n) is 2.05. The summed E-state index contributed by atoms with van der Waals surface area (Å²) in [5, 5.41) is 0. The maximum absolute atomic E-state index is 10.5. The second-order valence-corrected chi connectivity index (χ2v) is 3.64. The summed E-state index contributed by atoms with van der Waals surface area (Å²) in [6.07, 6.45) is 0. The van der Waals surface area contributed by atoms with Gasteiger partial charge >= 0.3 is 0 Å². The van der Waals surface area contributed by atoms with Crippen molar-refractivity contribution in [3.8, 4) is 0 Å². The Hall–Kier alpha value is -0.780. The van der Waals surface area contributed by atoms with Crippen LogP contribution in [0.4, 0.5) is 5.69 Å². The van der Waals surface area contributed by atoms with Crippen molar-refractivity contribution in [2.75, 3.05) is 0 Å². The van der Waals surface area contributed by atoms with Gasteiger partial charge in [0.25, 0.3) is 10.1 Å². The fraction of sp³-hybridized carbons (Fsp3) is 0. The average Bonchev–Trinajstić information content (AvgIpc) is 2.03. The lowest BCUT2D eigenvalue weighted by Gasteiger charge is -1.96. The van der Waals surface area contributed by atoms with Crippen LogP contribution in [-0.2, 0) is 10.1 Å². The van der Waals surface area contributed by atoms with Crippen LogP contribution in [0.3, 0.4) is 0 Å². The van der Waals surface area contributed by atoms with E-state index in [0.717, 1.165) is 0 Å². The van der Waals surface area contributed by atoms with Crippen LogP contribution in [0.15, 0.2) is 29.2 Å². The summed E-state index contributed by atoms with van der Waals surface area (Å²) in [5.41, 5.74) is 0.434. The lowest BCUT2D eigenvalue weighted by atomic mass is 10.3. The van der Waals surface area contributed by atoms with Gasteiger partial charge in [0.2, 0.25) is 0 Å². The zero-order valence-corrected chi connectivity index (χ0v) is 7.38. The Balaban J connectivity index is 3.09. The number of hydrogen-bond acceptors (Lipinski definition) is 2. The van der Waals surface area contributed by atoms with Crippen LogP contribution >= 0.6 is 11.8 Å². The van der Waals surface area contributed by atoms with Crippen molar-refractivity contribution in [1.82, 2.24) is 4.84 Å². The maximum atomic E-state index is 10.5. The smallest absolute Gasteiger partial charge is 0.282 e. The number of nitrogens with zero attached hydrogens (tertiary/aromatic N) is 1. The molecule has 0 atom stereocenters. The van der Waals surface area contributed by atoms with Gasteiger partial charge in [-0.15, -0.1) is 0 Å². The Morgan fingerprint density at radius 1 is 1.25 bits per heavy atom. The van der Waals surface area contributed by atoms with Crippen LogP contribution in [0.5, 0.6) is 0 Å². The molecule has 1 aromatic carbocycles. The second kappa shape index (κ2) is 3.30. The molecule has 0 aliphatic rings. The Morgan fingerprint density at radius 3 is 2.08 bits per heavy atom. The first-order valence-corrected chi connectivity index (χ1v) is 4.71. The Morgan fingerprint density at radius 2 is 1.75 bits per heavy atom. The van der Waals surface area contributed by atoms with E-state index in [2.05, 4.69) is 4.84 Å². The molecule has 6 heteroatoms. The fourth-order valence-corrected chi connectivity index (χ4v) is 1.27. The molecule has 0 bridgehead atoms. The van der Waals surface area contributed by atoms with Gasteiger partial charge < -0.3 is 0 Å². The van der Waals surface area contributed by atoms with Crippen molar-refractivity contribution in [2.45, 2.75) is 4.90 Å². The van der Waals surface area contributed by atoms with E-state index in [1.807, 2.05) is 0 Å². The minimum absolute atomic E-state index is 0.174. The molecule has 0 aromatic heterocycles. The van der Waals surface area contributed by atoms with E-state index in [1.54, 1.807) is 0 Å². The molecule has 1 radical (unpaired) electrons. The van der Waals surface area contributed by atoms with Crippen molar-refractivity contribution in [3.63, 3.8) is 0 Å². The maximum Gasteiger partial charge on any atom is 0.294 e. The summed E-state index contributed by atoms with van der Waals surface area (Å²) < 4.78 is 29.6. The van der Waals surface area contributed by atoms with Gasteiger partial charge in [-0.2, -0.15) is 13.3 Å². The quantitative estimate of drug-likeness (QED) is 0.743. The van der Waals surface area contributed by atoms with Crippen LogP contribution < -0.4 is 4.84 Å². The summed E-state index contributed by atoms with van der Waals surface area (Å²) >= 11 is 5.11. The minimum atomic E-state index is -4.11. The first-order chi connectivity index (χ1) is 5.54. The summed E-state index contributed by atoms with van der Waals surface area (Å²) in [5.74, 6) is 0. The molecule has 1 N–H and O–H groups in total. The standard InChI is InChI=1S/C6H5ClNO3S/c7-8-5-1-3-6(4-2-5)12(9,10)11/h1-4H,(H,9,10,11). The molecule has 1 rings (SSSR count). The molecular weight excluding hydrogens is 202 g/mol. The third-order valence-electron chi connectivity index (χ3n) is 1.23. The Labute approximate surface area is 75.0 Å². The monoisotopic (exact) mass is 206 g/mol. The molecule has 0 saturated carbocycles. The zero-order chi connectivity index (χ0) is 9.19. The normalized spacial score (nSPS) is 11.2. The fourth-order valence-electron chi connectivity index (χ4n) is 0.674. The van der Waals surface area contributed by atoms with Gasteiger partial charge in [0.05, 0.1) is 10.6 Å². The lowest BCUT2D eigenvalue weighted by Crippen LogP contribution is -1.97. The number of rotatable bonds is 2. The largest absolute Gasteiger partial charge is 0.294 e. The van der Waals surface area contributed by atoms with Crippen LogP contribution in [0.25, 0.3) is 0 Å². The van der Waals surface area contributed by atoms with Gasteiger partial charge in [-0.3, -0.25) is 4.55 Å². The van der Waals surface area contributed by atoms with Gasteiger partial charge in [0.15, 0.2) is 0 Å². The topological polar surface area (TPSA) is 68.5 Å². The molecule has 0 spiro atoms. The van der Waals surface area contributed by atoms with Crippen molar-refractivity contribution < 1.29 is 13.0 Å². The van der Waals surface area contributed by atoms with Crippen LogP contribution in [0.2, 0.25) is 0 Å². The van der Waals surface area contributed by atoms with Crippen molar-refractivity contribution >= 4 is 27.6 Å². The third kappa shape index (κ3) is 2.10. The highest BCUT2D eigenvalue weighted by atomic mass is 35.5. The van der Waals surface area contributed by atoms with Gasteiger partial charge in [-0.1, -0.05) is 0 Å². The van der Waals surface area contributed by atoms with Crippen molar-refractivity contribution in [3.05, 3.63) is 24.3 Å². The first-order valence-electron chi connectivity index (χ1n) is 2.93. The molecule has 0 heterocycles. The van der Waals surface area contributed by atoms with Gasteiger partial charge in [0, 0.05) is 11.8 Å². The highest BCUT2D eigenvalue weighted by Gasteiger charge is 2.07. The third-order valence-corrected chi connectivity index (χ3v) is 2.30. The van der Waals surface area contributed by atoms with Gasteiger partial charge in [0.1, 0.15) is 0 Å². The number of benzene rings is 1. The summed E-state index contributed by atoms with van der Waals surface area (Å²) in [7, 11) is -4.11. The summed E-state index contributed by atoms with van der Waals surface area (Å²) in [6.45, 7) is 0. The van der Waals surface area contributed by atoms with E-state index in [0.29, 0.717) is 5.69 Å². The Bertz CT molecular complexity index is 359. The predicted octanol–water partition coefficient (Wildman–Crippen LogP) is 1.32. The van der Waals surface area contributed by atoms with Crippen molar-refractivity contribution in [2.24, 2.45) is 0 Å². The molecular formula is C6H5ClNO3S. The van der Waals surface area contributed by atoms with Gasteiger partial charge in [-0.05, 0) is 24.3 Å². The first kappa shape index (κ1) is 9.31. The van der Waals surface area contributed by atoms with Gasteiger partial charge in [-0.25, -0.2) is 0 Å². The Kier molecular flexibility index (Phi) is 2.56. The number of halogens is 1. The highest BCUT2D eigenvalue weighted by Crippen LogP contribution is 2.13. The van der Waals surface area contributed by atoms with E-state index in [-0.39, 0.29) is 4.90 Å². The minimum Gasteiger partial charge on any atom is -0.282 e. The lowest BCUT2D eigenvalue weighted by molar-refractivity contribution is 0.483. The molecule has 1 aromatic rings. The number of hydrogen-bond donors (Lipinski definition) is 1. The van der Waals surface area contributed by atoms with E-state index in [4.69, 9.17) is 16.3 Å². The molecule has 0 amide bonds.